The molecular formula is C12H14N2O2S. The fourth-order valence-electron chi connectivity index (χ4n) is 1.42. The molecule has 1 heterocycles. The highest BCUT2D eigenvalue weighted by Crippen LogP contribution is 2.16. The van der Waals surface area contributed by atoms with Crippen molar-refractivity contribution in [1.29, 1.82) is 0 Å². The zero-order chi connectivity index (χ0) is 12.1. The van der Waals surface area contributed by atoms with Gasteiger partial charge >= 0.3 is 0 Å². The fraction of sp³-hybridized carbons (Fsp3) is 0.250. The molecule has 0 unspecified atom stereocenters. The van der Waals surface area contributed by atoms with Crippen molar-refractivity contribution in [2.45, 2.75) is 20.1 Å². The molecule has 1 aromatic heterocycles. The second-order valence-electron chi connectivity index (χ2n) is 3.65. The van der Waals surface area contributed by atoms with Crippen molar-refractivity contribution < 1.29 is 9.57 Å². The van der Waals surface area contributed by atoms with Gasteiger partial charge in [-0.15, -0.1) is 11.3 Å². The van der Waals surface area contributed by atoms with E-state index in [1.807, 2.05) is 36.6 Å². The van der Waals surface area contributed by atoms with E-state index < -0.39 is 0 Å². The van der Waals surface area contributed by atoms with Gasteiger partial charge in [0.05, 0.1) is 5.69 Å². The van der Waals surface area contributed by atoms with Gasteiger partial charge < -0.3 is 4.74 Å². The van der Waals surface area contributed by atoms with Crippen LogP contribution in [0.1, 0.15) is 16.3 Å². The average Bonchev–Trinajstić information content (AvgIpc) is 2.75. The van der Waals surface area contributed by atoms with Crippen LogP contribution in [0.4, 0.5) is 0 Å². The molecule has 0 spiro atoms. The summed E-state index contributed by atoms with van der Waals surface area (Å²) >= 11 is 1.54. The summed E-state index contributed by atoms with van der Waals surface area (Å²) < 4.78 is 5.64. The van der Waals surface area contributed by atoms with Crippen LogP contribution in [0.15, 0.2) is 29.6 Å². The Hall–Kier alpha value is -1.43. The summed E-state index contributed by atoms with van der Waals surface area (Å²) in [6.07, 6.45) is 0. The highest BCUT2D eigenvalue weighted by molar-refractivity contribution is 7.09. The van der Waals surface area contributed by atoms with Crippen LogP contribution in [0.2, 0.25) is 0 Å². The highest BCUT2D eigenvalue weighted by Gasteiger charge is 2.03. The lowest BCUT2D eigenvalue weighted by atomic mass is 10.2. The molecular weight excluding hydrogens is 236 g/mol. The van der Waals surface area contributed by atoms with Gasteiger partial charge in [-0.05, 0) is 24.6 Å². The maximum absolute atomic E-state index is 5.64. The molecule has 0 aliphatic rings. The molecule has 0 fully saturated rings. The van der Waals surface area contributed by atoms with E-state index in [1.165, 1.54) is 5.56 Å². The number of nitrogens with two attached hydrogens (primary N) is 1. The number of aromatic nitrogens is 1. The second-order valence-corrected chi connectivity index (χ2v) is 4.59. The average molecular weight is 250 g/mol. The molecule has 0 aliphatic heterocycles. The predicted octanol–water partition coefficient (Wildman–Crippen LogP) is 2.42. The Kier molecular flexibility index (Phi) is 4.08. The number of nitrogens with zero attached hydrogens (tertiary/aromatic N) is 1. The molecule has 0 saturated carbocycles. The van der Waals surface area contributed by atoms with E-state index in [-0.39, 0.29) is 0 Å². The molecule has 0 amide bonds. The lowest BCUT2D eigenvalue weighted by Crippen LogP contribution is -2.00. The van der Waals surface area contributed by atoms with Crippen LogP contribution in [0.5, 0.6) is 5.75 Å². The zero-order valence-electron chi connectivity index (χ0n) is 9.55. The van der Waals surface area contributed by atoms with E-state index in [0.29, 0.717) is 13.2 Å². The minimum absolute atomic E-state index is 0.334. The SMILES string of the molecule is Cc1cccc(OCc2nc(CON)cs2)c1. The normalized spacial score (nSPS) is 10.5. The number of hydrogen-bond acceptors (Lipinski definition) is 5. The molecule has 4 nitrogen and oxygen atoms in total. The van der Waals surface area contributed by atoms with E-state index in [9.17, 15) is 0 Å². The van der Waals surface area contributed by atoms with E-state index in [0.717, 1.165) is 16.5 Å². The number of thiazole rings is 1. The Morgan fingerprint density at radius 2 is 2.24 bits per heavy atom. The van der Waals surface area contributed by atoms with Crippen molar-refractivity contribution in [2.24, 2.45) is 5.90 Å². The van der Waals surface area contributed by atoms with E-state index >= 15 is 0 Å². The Balaban J connectivity index is 1.93. The number of hydrogen-bond donors (Lipinski definition) is 1. The van der Waals surface area contributed by atoms with Gasteiger partial charge in [0.2, 0.25) is 0 Å². The Morgan fingerprint density at radius 3 is 3.00 bits per heavy atom. The zero-order valence-corrected chi connectivity index (χ0v) is 10.4. The molecule has 0 aliphatic carbocycles. The molecule has 0 radical (unpaired) electrons. The van der Waals surface area contributed by atoms with Crippen LogP contribution in [-0.4, -0.2) is 4.98 Å². The Labute approximate surface area is 104 Å². The van der Waals surface area contributed by atoms with Crippen LogP contribution < -0.4 is 10.6 Å². The van der Waals surface area contributed by atoms with Gasteiger partial charge in [0, 0.05) is 5.38 Å². The van der Waals surface area contributed by atoms with Crippen molar-refractivity contribution in [3.05, 3.63) is 45.9 Å². The third kappa shape index (κ3) is 3.52. The number of rotatable bonds is 5. The highest BCUT2D eigenvalue weighted by atomic mass is 32.1. The van der Waals surface area contributed by atoms with E-state index in [4.69, 9.17) is 10.6 Å². The Bertz CT molecular complexity index is 485. The van der Waals surface area contributed by atoms with Crippen molar-refractivity contribution in [1.82, 2.24) is 4.98 Å². The van der Waals surface area contributed by atoms with Gasteiger partial charge in [0.15, 0.2) is 0 Å². The van der Waals surface area contributed by atoms with E-state index in [2.05, 4.69) is 9.82 Å². The maximum atomic E-state index is 5.64. The number of benzene rings is 1. The first-order chi connectivity index (χ1) is 8.28. The lowest BCUT2D eigenvalue weighted by molar-refractivity contribution is 0.121. The first kappa shape index (κ1) is 12.0. The van der Waals surface area contributed by atoms with Crippen LogP contribution >= 0.6 is 11.3 Å². The predicted molar refractivity (Wildman–Crippen MR) is 66.6 cm³/mol. The lowest BCUT2D eigenvalue weighted by Gasteiger charge is -2.04. The molecule has 2 rings (SSSR count). The summed E-state index contributed by atoms with van der Waals surface area (Å²) in [5.41, 5.74) is 2.01. The largest absolute Gasteiger partial charge is 0.486 e. The number of ether oxygens (including phenoxy) is 1. The molecule has 2 N–H and O–H groups in total. The minimum Gasteiger partial charge on any atom is -0.486 e. The molecule has 0 bridgehead atoms. The van der Waals surface area contributed by atoms with Crippen LogP contribution in [0.3, 0.4) is 0 Å². The minimum atomic E-state index is 0.334. The van der Waals surface area contributed by atoms with Gasteiger partial charge in [-0.25, -0.2) is 10.9 Å². The summed E-state index contributed by atoms with van der Waals surface area (Å²) in [4.78, 5) is 8.85. The quantitative estimate of drug-likeness (QED) is 0.828. The summed E-state index contributed by atoms with van der Waals surface area (Å²) in [7, 11) is 0. The summed E-state index contributed by atoms with van der Waals surface area (Å²) in [6, 6.07) is 7.94. The summed E-state index contributed by atoms with van der Waals surface area (Å²) in [5, 5.41) is 2.83. The van der Waals surface area contributed by atoms with Crippen molar-refractivity contribution in [3.8, 4) is 5.75 Å². The van der Waals surface area contributed by atoms with Gasteiger partial charge in [0.25, 0.3) is 0 Å². The van der Waals surface area contributed by atoms with Gasteiger partial charge in [-0.2, -0.15) is 0 Å². The van der Waals surface area contributed by atoms with Gasteiger partial charge in [-0.3, -0.25) is 4.84 Å². The molecule has 0 saturated heterocycles. The molecule has 5 heteroatoms. The van der Waals surface area contributed by atoms with Crippen LogP contribution in [0, 0.1) is 6.92 Å². The summed E-state index contributed by atoms with van der Waals surface area (Å²) in [5.74, 6) is 5.84. The van der Waals surface area contributed by atoms with Crippen molar-refractivity contribution in [3.63, 3.8) is 0 Å². The van der Waals surface area contributed by atoms with Crippen molar-refractivity contribution >= 4 is 11.3 Å². The first-order valence-electron chi connectivity index (χ1n) is 5.22. The first-order valence-corrected chi connectivity index (χ1v) is 6.10. The summed E-state index contributed by atoms with van der Waals surface area (Å²) in [6.45, 7) is 2.84. The van der Waals surface area contributed by atoms with Crippen molar-refractivity contribution in [2.75, 3.05) is 0 Å². The van der Waals surface area contributed by atoms with Crippen LogP contribution in [-0.2, 0) is 18.1 Å². The topological polar surface area (TPSA) is 57.4 Å². The maximum Gasteiger partial charge on any atom is 0.140 e. The monoisotopic (exact) mass is 250 g/mol. The molecule has 2 aromatic rings. The van der Waals surface area contributed by atoms with E-state index in [1.54, 1.807) is 11.3 Å². The van der Waals surface area contributed by atoms with Gasteiger partial charge in [0.1, 0.15) is 24.0 Å². The third-order valence-electron chi connectivity index (χ3n) is 2.18. The third-order valence-corrected chi connectivity index (χ3v) is 3.05. The Morgan fingerprint density at radius 1 is 1.35 bits per heavy atom. The molecule has 1 aromatic carbocycles. The smallest absolute Gasteiger partial charge is 0.140 e. The second kappa shape index (κ2) is 5.77. The number of aryl methyl sites for hydroxylation is 1. The fourth-order valence-corrected chi connectivity index (χ4v) is 2.11. The molecule has 0 atom stereocenters. The van der Waals surface area contributed by atoms with Gasteiger partial charge in [-0.1, -0.05) is 12.1 Å². The van der Waals surface area contributed by atoms with Crippen LogP contribution in [0.25, 0.3) is 0 Å². The molecule has 17 heavy (non-hydrogen) atoms. The molecule has 90 valence electrons. The standard InChI is InChI=1S/C12H14N2O2S/c1-9-3-2-4-11(5-9)15-7-12-14-10(6-16-13)8-17-12/h2-5,8H,6-7,13H2,1H3.